The Hall–Kier alpha value is -1.43. The third-order valence-corrected chi connectivity index (χ3v) is 5.32. The van der Waals surface area contributed by atoms with Gasteiger partial charge >= 0.3 is 0 Å². The molecule has 0 spiro atoms. The monoisotopic (exact) mass is 332 g/mol. The van der Waals surface area contributed by atoms with Crippen LogP contribution in [0.25, 0.3) is 0 Å². The van der Waals surface area contributed by atoms with Crippen molar-refractivity contribution in [2.75, 3.05) is 20.2 Å². The highest BCUT2D eigenvalue weighted by molar-refractivity contribution is 5.16. The minimum atomic E-state index is -0.910. The lowest BCUT2D eigenvalue weighted by atomic mass is 9.78. The summed E-state index contributed by atoms with van der Waals surface area (Å²) in [5.74, 6) is 0.745. The number of aromatic nitrogens is 1. The summed E-state index contributed by atoms with van der Waals surface area (Å²) in [6, 6.07) is 5.48. The highest BCUT2D eigenvalue weighted by Crippen LogP contribution is 2.48. The predicted molar refractivity (Wildman–Crippen MR) is 93.0 cm³/mol. The SMILES string of the molecule is C=CCN(C)[C@H]1[C@H](Oc2ccccn2)C[C@@H]2CC(C)(C)OC[C@]21O. The molecule has 4 atom stereocenters. The van der Waals surface area contributed by atoms with Crippen LogP contribution in [-0.4, -0.2) is 58.5 Å². The number of likely N-dealkylation sites (N-methyl/N-ethyl adjacent to an activating group) is 1. The van der Waals surface area contributed by atoms with Gasteiger partial charge in [0.1, 0.15) is 11.7 Å². The average Bonchev–Trinajstić information content (AvgIpc) is 2.79. The van der Waals surface area contributed by atoms with Gasteiger partial charge in [0.25, 0.3) is 0 Å². The minimum Gasteiger partial charge on any atom is -0.473 e. The number of fused-ring (bicyclic) bond motifs is 1. The maximum Gasteiger partial charge on any atom is 0.213 e. The van der Waals surface area contributed by atoms with E-state index in [2.05, 4.69) is 30.3 Å². The van der Waals surface area contributed by atoms with Crippen molar-refractivity contribution in [1.82, 2.24) is 9.88 Å². The summed E-state index contributed by atoms with van der Waals surface area (Å²) in [4.78, 5) is 6.39. The maximum absolute atomic E-state index is 11.4. The van der Waals surface area contributed by atoms with Crippen molar-refractivity contribution in [2.45, 2.75) is 50.0 Å². The van der Waals surface area contributed by atoms with Gasteiger partial charge in [-0.25, -0.2) is 4.98 Å². The van der Waals surface area contributed by atoms with E-state index in [4.69, 9.17) is 9.47 Å². The van der Waals surface area contributed by atoms with Crippen LogP contribution < -0.4 is 4.74 Å². The lowest BCUT2D eigenvalue weighted by Gasteiger charge is -2.47. The molecule has 1 aliphatic heterocycles. The maximum atomic E-state index is 11.4. The van der Waals surface area contributed by atoms with Gasteiger partial charge < -0.3 is 14.6 Å². The van der Waals surface area contributed by atoms with E-state index >= 15 is 0 Å². The molecule has 1 saturated carbocycles. The summed E-state index contributed by atoms with van der Waals surface area (Å²) in [6.45, 7) is 9.01. The molecule has 1 saturated heterocycles. The fourth-order valence-corrected chi connectivity index (χ4v) is 4.27. The van der Waals surface area contributed by atoms with Crippen LogP contribution in [0.4, 0.5) is 0 Å². The van der Waals surface area contributed by atoms with Crippen molar-refractivity contribution in [3.63, 3.8) is 0 Å². The molecule has 5 heteroatoms. The quantitative estimate of drug-likeness (QED) is 0.838. The molecule has 1 aliphatic carbocycles. The highest BCUT2D eigenvalue weighted by atomic mass is 16.5. The number of nitrogens with zero attached hydrogens (tertiary/aromatic N) is 2. The van der Waals surface area contributed by atoms with Gasteiger partial charge in [0.15, 0.2) is 0 Å². The third-order valence-electron chi connectivity index (χ3n) is 5.32. The minimum absolute atomic E-state index is 0.127. The second-order valence-electron chi connectivity index (χ2n) is 7.67. The van der Waals surface area contributed by atoms with E-state index in [-0.39, 0.29) is 23.7 Å². The van der Waals surface area contributed by atoms with Gasteiger partial charge in [-0.1, -0.05) is 12.1 Å². The van der Waals surface area contributed by atoms with E-state index in [9.17, 15) is 5.11 Å². The molecule has 0 amide bonds. The molecule has 0 unspecified atom stereocenters. The van der Waals surface area contributed by atoms with Crippen molar-refractivity contribution in [1.29, 1.82) is 0 Å². The second-order valence-corrected chi connectivity index (χ2v) is 7.67. The Bertz CT molecular complexity index is 577. The molecule has 1 aromatic rings. The van der Waals surface area contributed by atoms with E-state index in [1.807, 2.05) is 31.3 Å². The van der Waals surface area contributed by atoms with Crippen LogP contribution >= 0.6 is 0 Å². The molecule has 2 heterocycles. The fraction of sp³-hybridized carbons (Fsp3) is 0.632. The molecule has 2 fully saturated rings. The lowest BCUT2D eigenvalue weighted by molar-refractivity contribution is -0.194. The van der Waals surface area contributed by atoms with Crippen LogP contribution in [0.15, 0.2) is 37.1 Å². The molecule has 0 bridgehead atoms. The first kappa shape index (κ1) is 17.4. The number of hydrogen-bond donors (Lipinski definition) is 1. The van der Waals surface area contributed by atoms with Crippen molar-refractivity contribution < 1.29 is 14.6 Å². The molecule has 2 aliphatic rings. The highest BCUT2D eigenvalue weighted by Gasteiger charge is 2.60. The molecule has 24 heavy (non-hydrogen) atoms. The summed E-state index contributed by atoms with van der Waals surface area (Å²) in [5.41, 5.74) is -1.12. The number of hydrogen-bond acceptors (Lipinski definition) is 5. The number of aliphatic hydroxyl groups is 1. The van der Waals surface area contributed by atoms with Gasteiger partial charge in [-0.15, -0.1) is 6.58 Å². The Balaban J connectivity index is 1.87. The summed E-state index contributed by atoms with van der Waals surface area (Å²) in [6.07, 6.45) is 5.07. The van der Waals surface area contributed by atoms with Gasteiger partial charge in [-0.05, 0) is 45.7 Å². The van der Waals surface area contributed by atoms with E-state index in [0.29, 0.717) is 19.0 Å². The van der Waals surface area contributed by atoms with E-state index in [0.717, 1.165) is 12.8 Å². The Kier molecular flexibility index (Phi) is 4.69. The second kappa shape index (κ2) is 6.47. The molecular formula is C19H28N2O3. The molecule has 3 rings (SSSR count). The normalized spacial score (nSPS) is 34.8. The molecule has 0 aromatic carbocycles. The number of pyridine rings is 1. The summed E-state index contributed by atoms with van der Waals surface area (Å²) < 4.78 is 12.1. The van der Waals surface area contributed by atoms with Crippen LogP contribution in [0.5, 0.6) is 5.88 Å². The van der Waals surface area contributed by atoms with Crippen molar-refractivity contribution in [3.05, 3.63) is 37.1 Å². The Labute approximate surface area is 144 Å². The zero-order valence-corrected chi connectivity index (χ0v) is 14.8. The number of rotatable bonds is 5. The first-order valence-corrected chi connectivity index (χ1v) is 8.61. The van der Waals surface area contributed by atoms with Crippen LogP contribution in [-0.2, 0) is 4.74 Å². The van der Waals surface area contributed by atoms with Crippen LogP contribution in [0.1, 0.15) is 26.7 Å². The molecular weight excluding hydrogens is 304 g/mol. The van der Waals surface area contributed by atoms with E-state index < -0.39 is 5.60 Å². The zero-order valence-electron chi connectivity index (χ0n) is 14.8. The fourth-order valence-electron chi connectivity index (χ4n) is 4.27. The molecule has 132 valence electrons. The van der Waals surface area contributed by atoms with E-state index in [1.165, 1.54) is 0 Å². The average molecular weight is 332 g/mol. The number of ether oxygens (including phenoxy) is 2. The smallest absolute Gasteiger partial charge is 0.213 e. The van der Waals surface area contributed by atoms with Gasteiger partial charge in [0.05, 0.1) is 18.2 Å². The van der Waals surface area contributed by atoms with Gasteiger partial charge in [-0.3, -0.25) is 4.90 Å². The van der Waals surface area contributed by atoms with Gasteiger partial charge in [0.2, 0.25) is 5.88 Å². The zero-order chi connectivity index (χ0) is 17.4. The largest absolute Gasteiger partial charge is 0.473 e. The standard InChI is InChI=1S/C19H28N2O3/c1-5-10-21(4)17-15(24-16-8-6-7-9-20-16)11-14-12-18(2,3)23-13-19(14,17)22/h5-9,14-15,17,22H,1,10-13H2,2-4H3/t14-,15-,17+,19+/m1/s1. The van der Waals surface area contributed by atoms with Crippen LogP contribution in [0.2, 0.25) is 0 Å². The summed E-state index contributed by atoms with van der Waals surface area (Å²) >= 11 is 0. The van der Waals surface area contributed by atoms with Gasteiger partial charge in [-0.2, -0.15) is 0 Å². The van der Waals surface area contributed by atoms with Gasteiger partial charge in [0, 0.05) is 18.8 Å². The molecule has 5 nitrogen and oxygen atoms in total. The Morgan fingerprint density at radius 3 is 2.96 bits per heavy atom. The molecule has 1 N–H and O–H groups in total. The van der Waals surface area contributed by atoms with E-state index in [1.54, 1.807) is 6.20 Å². The molecule has 1 aromatic heterocycles. The first-order chi connectivity index (χ1) is 11.4. The Morgan fingerprint density at radius 1 is 1.50 bits per heavy atom. The predicted octanol–water partition coefficient (Wildman–Crippen LogP) is 2.27. The first-order valence-electron chi connectivity index (χ1n) is 8.61. The molecule has 0 radical (unpaired) electrons. The Morgan fingerprint density at radius 2 is 2.29 bits per heavy atom. The van der Waals surface area contributed by atoms with Crippen molar-refractivity contribution in [3.8, 4) is 5.88 Å². The summed E-state index contributed by atoms with van der Waals surface area (Å²) in [5, 5.41) is 11.4. The van der Waals surface area contributed by atoms with Crippen molar-refractivity contribution >= 4 is 0 Å². The lowest BCUT2D eigenvalue weighted by Crippen LogP contribution is -2.61. The van der Waals surface area contributed by atoms with Crippen LogP contribution in [0.3, 0.4) is 0 Å². The third kappa shape index (κ3) is 3.21. The van der Waals surface area contributed by atoms with Crippen molar-refractivity contribution in [2.24, 2.45) is 5.92 Å². The summed E-state index contributed by atoms with van der Waals surface area (Å²) in [7, 11) is 2.00. The van der Waals surface area contributed by atoms with Crippen LogP contribution in [0, 0.1) is 5.92 Å². The topological polar surface area (TPSA) is 54.8 Å².